The van der Waals surface area contributed by atoms with Crippen LogP contribution < -0.4 is 10.1 Å². The van der Waals surface area contributed by atoms with E-state index in [1.807, 2.05) is 18.2 Å². The van der Waals surface area contributed by atoms with Gasteiger partial charge in [0.25, 0.3) is 5.91 Å². The molecule has 1 aliphatic rings. The third kappa shape index (κ3) is 2.40. The van der Waals surface area contributed by atoms with Crippen LogP contribution in [0.5, 0.6) is 5.75 Å². The Morgan fingerprint density at radius 1 is 1.42 bits per heavy atom. The molecule has 1 atom stereocenters. The minimum Gasteiger partial charge on any atom is -0.482 e. The summed E-state index contributed by atoms with van der Waals surface area (Å²) in [7, 11) is 0. The van der Waals surface area contributed by atoms with Gasteiger partial charge in [0, 0.05) is 4.88 Å². The minimum absolute atomic E-state index is 0.0914. The second-order valence-corrected chi connectivity index (χ2v) is 6.29. The van der Waals surface area contributed by atoms with Crippen LogP contribution in [0.1, 0.15) is 20.8 Å². The van der Waals surface area contributed by atoms with E-state index in [1.165, 1.54) is 10.4 Å². The number of hydrogen-bond donors (Lipinski definition) is 1. The van der Waals surface area contributed by atoms with Crippen molar-refractivity contribution in [3.63, 3.8) is 0 Å². The van der Waals surface area contributed by atoms with Crippen LogP contribution in [0.15, 0.2) is 29.6 Å². The Morgan fingerprint density at radius 3 is 3.00 bits per heavy atom. The highest BCUT2D eigenvalue weighted by molar-refractivity contribution is 9.09. The molecule has 1 unspecified atom stereocenters. The van der Waals surface area contributed by atoms with E-state index in [4.69, 9.17) is 4.74 Å². The first-order valence-corrected chi connectivity index (χ1v) is 7.69. The van der Waals surface area contributed by atoms with E-state index in [0.717, 1.165) is 17.0 Å². The van der Waals surface area contributed by atoms with Crippen molar-refractivity contribution < 1.29 is 9.53 Å². The predicted octanol–water partition coefficient (Wildman–Crippen LogP) is 3.87. The summed E-state index contributed by atoms with van der Waals surface area (Å²) in [5.41, 5.74) is 3.12. The molecule has 2 heterocycles. The van der Waals surface area contributed by atoms with Crippen molar-refractivity contribution in [3.05, 3.63) is 45.6 Å². The molecule has 0 saturated heterocycles. The molecule has 1 amide bonds. The van der Waals surface area contributed by atoms with Crippen LogP contribution in [0.4, 0.5) is 5.69 Å². The fourth-order valence-electron chi connectivity index (χ4n) is 2.05. The van der Waals surface area contributed by atoms with E-state index < -0.39 is 0 Å². The van der Waals surface area contributed by atoms with Crippen molar-refractivity contribution in [1.82, 2.24) is 0 Å². The van der Waals surface area contributed by atoms with E-state index in [1.54, 1.807) is 11.3 Å². The first-order chi connectivity index (χ1) is 9.15. The summed E-state index contributed by atoms with van der Waals surface area (Å²) < 4.78 is 5.36. The van der Waals surface area contributed by atoms with Gasteiger partial charge in [0.05, 0.1) is 10.5 Å². The number of nitrogens with one attached hydrogen (secondary N) is 1. The van der Waals surface area contributed by atoms with Crippen LogP contribution in [-0.4, -0.2) is 12.5 Å². The Kier molecular flexibility index (Phi) is 3.33. The summed E-state index contributed by atoms with van der Waals surface area (Å²) in [6, 6.07) is 8.00. The van der Waals surface area contributed by atoms with Gasteiger partial charge >= 0.3 is 0 Å². The van der Waals surface area contributed by atoms with Gasteiger partial charge in [-0.3, -0.25) is 4.79 Å². The zero-order valence-electron chi connectivity index (χ0n) is 10.3. The molecule has 0 bridgehead atoms. The molecule has 5 heteroatoms. The quantitative estimate of drug-likeness (QED) is 0.844. The van der Waals surface area contributed by atoms with Crippen molar-refractivity contribution in [2.75, 3.05) is 11.9 Å². The number of hydrogen-bond acceptors (Lipinski definition) is 3. The molecule has 1 aliphatic heterocycles. The number of thiophene rings is 1. The Hall–Kier alpha value is -1.33. The van der Waals surface area contributed by atoms with Crippen LogP contribution in [0, 0.1) is 6.92 Å². The second-order valence-electron chi connectivity index (χ2n) is 4.42. The van der Waals surface area contributed by atoms with Crippen molar-refractivity contribution in [3.8, 4) is 5.75 Å². The Labute approximate surface area is 123 Å². The highest BCUT2D eigenvalue weighted by Crippen LogP contribution is 2.39. The Morgan fingerprint density at radius 2 is 2.26 bits per heavy atom. The molecule has 0 spiro atoms. The SMILES string of the molecule is Cc1ccsc1C(Br)c1ccc2c(c1)NC(=O)CO2. The number of alkyl halides is 1. The predicted molar refractivity (Wildman–Crippen MR) is 80.4 cm³/mol. The molecule has 1 aromatic carbocycles. The largest absolute Gasteiger partial charge is 0.482 e. The summed E-state index contributed by atoms with van der Waals surface area (Å²) in [6.45, 7) is 2.19. The standard InChI is InChI=1S/C14H12BrNO2S/c1-8-4-5-19-14(8)13(15)9-2-3-11-10(6-9)16-12(17)7-18-11/h2-6,13H,7H2,1H3,(H,16,17). The summed E-state index contributed by atoms with van der Waals surface area (Å²) in [6.07, 6.45) is 0. The average molecular weight is 338 g/mol. The third-order valence-electron chi connectivity index (χ3n) is 3.06. The lowest BCUT2D eigenvalue weighted by atomic mass is 10.1. The average Bonchev–Trinajstić information content (AvgIpc) is 2.83. The van der Waals surface area contributed by atoms with Gasteiger partial charge in [0.15, 0.2) is 6.61 Å². The lowest BCUT2D eigenvalue weighted by molar-refractivity contribution is -0.118. The van der Waals surface area contributed by atoms with Crippen LogP contribution in [0.2, 0.25) is 0 Å². The van der Waals surface area contributed by atoms with Crippen LogP contribution in [-0.2, 0) is 4.79 Å². The summed E-state index contributed by atoms with van der Waals surface area (Å²) in [5, 5.41) is 4.92. The van der Waals surface area contributed by atoms with E-state index >= 15 is 0 Å². The lowest BCUT2D eigenvalue weighted by Gasteiger charge is -2.19. The molecule has 0 fully saturated rings. The van der Waals surface area contributed by atoms with Gasteiger partial charge < -0.3 is 10.1 Å². The molecule has 1 aromatic heterocycles. The second kappa shape index (κ2) is 4.98. The first-order valence-electron chi connectivity index (χ1n) is 5.90. The van der Waals surface area contributed by atoms with Crippen LogP contribution >= 0.6 is 27.3 Å². The van der Waals surface area contributed by atoms with E-state index in [2.05, 4.69) is 39.6 Å². The molecule has 3 rings (SSSR count). The maximum absolute atomic E-state index is 11.3. The normalized spacial score (nSPS) is 15.4. The summed E-state index contributed by atoms with van der Waals surface area (Å²) in [5.74, 6) is 0.619. The van der Waals surface area contributed by atoms with Crippen LogP contribution in [0.25, 0.3) is 0 Å². The third-order valence-corrected chi connectivity index (χ3v) is 5.43. The van der Waals surface area contributed by atoms with Gasteiger partial charge in [-0.1, -0.05) is 22.0 Å². The molecule has 3 nitrogen and oxygen atoms in total. The van der Waals surface area contributed by atoms with Gasteiger partial charge in [-0.05, 0) is 41.6 Å². The van der Waals surface area contributed by atoms with Crippen molar-refractivity contribution in [2.45, 2.75) is 11.8 Å². The van der Waals surface area contributed by atoms with Crippen molar-refractivity contribution in [2.24, 2.45) is 0 Å². The number of amides is 1. The van der Waals surface area contributed by atoms with Gasteiger partial charge in [-0.15, -0.1) is 11.3 Å². The number of aryl methyl sites for hydroxylation is 1. The zero-order chi connectivity index (χ0) is 13.4. The smallest absolute Gasteiger partial charge is 0.262 e. The molecular weight excluding hydrogens is 326 g/mol. The first kappa shape index (κ1) is 12.7. The molecular formula is C14H12BrNO2S. The number of halogens is 1. The van der Waals surface area contributed by atoms with E-state index in [-0.39, 0.29) is 17.3 Å². The fraction of sp³-hybridized carbons (Fsp3) is 0.214. The number of rotatable bonds is 2. The number of carbonyl (C=O) groups is 1. The maximum Gasteiger partial charge on any atom is 0.262 e. The summed E-state index contributed by atoms with van der Waals surface area (Å²) in [4.78, 5) is 12.8. The molecule has 0 saturated carbocycles. The summed E-state index contributed by atoms with van der Waals surface area (Å²) >= 11 is 5.45. The van der Waals surface area contributed by atoms with Crippen molar-refractivity contribution in [1.29, 1.82) is 0 Å². The number of anilines is 1. The molecule has 0 radical (unpaired) electrons. The number of benzene rings is 1. The molecule has 1 N–H and O–H groups in total. The zero-order valence-corrected chi connectivity index (χ0v) is 12.7. The molecule has 2 aromatic rings. The topological polar surface area (TPSA) is 38.3 Å². The van der Waals surface area contributed by atoms with E-state index in [9.17, 15) is 4.79 Å². The fourth-order valence-corrected chi connectivity index (χ4v) is 3.95. The molecule has 0 aliphatic carbocycles. The molecule has 98 valence electrons. The number of fused-ring (bicyclic) bond motifs is 1. The lowest BCUT2D eigenvalue weighted by Crippen LogP contribution is -2.25. The van der Waals surface area contributed by atoms with Gasteiger partial charge in [0.1, 0.15) is 5.75 Å². The van der Waals surface area contributed by atoms with Crippen molar-refractivity contribution >= 4 is 38.9 Å². The van der Waals surface area contributed by atoms with E-state index in [0.29, 0.717) is 0 Å². The van der Waals surface area contributed by atoms with Gasteiger partial charge in [0.2, 0.25) is 0 Å². The van der Waals surface area contributed by atoms with Gasteiger partial charge in [-0.25, -0.2) is 0 Å². The minimum atomic E-state index is -0.108. The van der Waals surface area contributed by atoms with Gasteiger partial charge in [-0.2, -0.15) is 0 Å². The van der Waals surface area contributed by atoms with Crippen LogP contribution in [0.3, 0.4) is 0 Å². The highest BCUT2D eigenvalue weighted by Gasteiger charge is 2.19. The molecule has 19 heavy (non-hydrogen) atoms. The number of carbonyl (C=O) groups excluding carboxylic acids is 1. The number of ether oxygens (including phenoxy) is 1. The Bertz CT molecular complexity index is 638. The monoisotopic (exact) mass is 337 g/mol. The Balaban J connectivity index is 1.96. The maximum atomic E-state index is 11.3. The highest BCUT2D eigenvalue weighted by atomic mass is 79.9.